The van der Waals surface area contributed by atoms with Gasteiger partial charge in [-0.3, -0.25) is 13.6 Å². The number of ether oxygens (including phenoxy) is 4. The van der Waals surface area contributed by atoms with Crippen LogP contribution in [0.4, 0.5) is 28.4 Å². The normalized spacial score (nSPS) is 12.1. The van der Waals surface area contributed by atoms with Gasteiger partial charge in [0.05, 0.1) is 30.7 Å². The second kappa shape index (κ2) is 48.6. The summed E-state index contributed by atoms with van der Waals surface area (Å²) in [5.41, 5.74) is 24.6. The average Bonchev–Trinajstić information content (AvgIpc) is 1.62. The van der Waals surface area contributed by atoms with E-state index >= 15 is 0 Å². The molecule has 15 rings (SSSR count). The van der Waals surface area contributed by atoms with Crippen molar-refractivity contribution < 1.29 is 63.2 Å². The van der Waals surface area contributed by atoms with Crippen LogP contribution in [0.5, 0.6) is 23.0 Å². The molecule has 12 nitrogen and oxygen atoms in total. The van der Waals surface area contributed by atoms with E-state index in [4.69, 9.17) is 28.5 Å². The summed E-state index contributed by atoms with van der Waals surface area (Å²) in [5.74, 6) is 5.43. The van der Waals surface area contributed by atoms with Gasteiger partial charge in [0.15, 0.2) is 0 Å². The Morgan fingerprint density at radius 1 is 0.322 bits per heavy atom. The standard InChI is InChI=1S/2C31H28N2O2.C18H15P.C13H19N2.2CHO.2CH4.CH3.2ClH.2Ru.2H/c2*1-22-13-11-14-23(2)30(22)34-28-21-29(35-31-24(3)15-12-16-25(31)4)33(27-19-9-6-10-20-27)32(28)26-17-7-5-8-18-26;1-4-10-16(11-5-1)19(17-12-6-2-7-13-17)18-14-8-3-9-15-18;1-10-7-11(2)13(12(3)8-10)15-6-5-14(4)9-15;2*1-2;;;;;;;;;/h2*5-20H,1-4H3;1-15H;7-9H,5-6H2,1-4H3;2*1H;2*1H4;1H3;2*1H;;;;/q;;;3*-1;;;-1;;;2*+3;;/p-1. The summed E-state index contributed by atoms with van der Waals surface area (Å²) in [5, 5.41) is 12.3. The zero-order chi connectivity index (χ0) is 80.6. The van der Waals surface area contributed by atoms with Crippen LogP contribution < -0.4 is 59.8 Å². The van der Waals surface area contributed by atoms with Crippen LogP contribution in [0.2, 0.25) is 0 Å². The fourth-order valence-electron chi connectivity index (χ4n) is 13.2. The van der Waals surface area contributed by atoms with Crippen LogP contribution in [0.3, 0.4) is 0 Å². The van der Waals surface area contributed by atoms with Crippen molar-refractivity contribution in [2.75, 3.05) is 45.1 Å². The van der Waals surface area contributed by atoms with Gasteiger partial charge in [0.2, 0.25) is 0 Å². The van der Waals surface area contributed by atoms with E-state index in [9.17, 15) is 0 Å². The summed E-state index contributed by atoms with van der Waals surface area (Å²) in [4.78, 5) is 20.1. The second-order valence-corrected chi connectivity index (χ2v) is 28.8. The summed E-state index contributed by atoms with van der Waals surface area (Å²) in [7, 11) is 10.5. The molecule has 0 bridgehead atoms. The Hall–Kier alpha value is -10.6. The SMILES string of the molecule is C.C.Cc1cc(C)c(N2[CH-]N(C)CC2)c(C)c1.Cc1cccc(C)c1OC1=C=C(Oc2c(C)cccc2C)N(c2ccccc2)N1c1ccccc1.Cc1cccc(C)c1OC1=C=C(Oc2c(C)cccc2C)N(c2ccccc2)N1c1ccccc1.[CH-]=O.[CH-]=O.[CH3-].[Cl][RuH+2].[Cl][RuH+2].c1ccc([PH+](c2ccccc2)c2ccccc2)cc1. The smallest absolute Gasteiger partial charge is 0.0620 e. The number of halogens is 2. The minimum Gasteiger partial charge on any atom is -0.0620 e. The number of aryl methyl sites for hydroxylation is 11. The first kappa shape index (κ1) is 95.0. The van der Waals surface area contributed by atoms with Crippen LogP contribution in [0, 0.1) is 90.3 Å². The van der Waals surface area contributed by atoms with Crippen molar-refractivity contribution in [3.63, 3.8) is 0 Å². The number of hydrogen-bond acceptors (Lipinski definition) is 12. The van der Waals surface area contributed by atoms with Gasteiger partial charge in [-0.1, -0.05) is 233 Å². The molecule has 0 atom stereocenters. The van der Waals surface area contributed by atoms with Gasteiger partial charge in [-0.25, -0.2) is 20.0 Å². The number of carbonyl (C=O) groups excluding carboxylic acids is 2. The van der Waals surface area contributed by atoms with Gasteiger partial charge < -0.3 is 45.8 Å². The van der Waals surface area contributed by atoms with Gasteiger partial charge in [-0.05, 0) is 230 Å². The summed E-state index contributed by atoms with van der Waals surface area (Å²) in [6.07, 6.45) is 0. The third kappa shape index (κ3) is 25.0. The minimum absolute atomic E-state index is 0. The average molecular weight is 1770 g/mol. The van der Waals surface area contributed by atoms with Crippen LogP contribution >= 0.6 is 27.3 Å². The molecule has 1 saturated heterocycles. The van der Waals surface area contributed by atoms with Gasteiger partial charge in [0.1, 0.15) is 38.9 Å². The van der Waals surface area contributed by atoms with Crippen LogP contribution in [0.15, 0.2) is 332 Å². The Kier molecular flexibility index (Phi) is 40.2. The monoisotopic (exact) mass is 1770 g/mol. The Balaban J connectivity index is 0.000000276. The zero-order valence-corrected chi connectivity index (χ0v) is 72.3. The van der Waals surface area contributed by atoms with Gasteiger partial charge in [-0.15, -0.1) is 0 Å². The molecule has 3 aliphatic heterocycles. The van der Waals surface area contributed by atoms with Crippen molar-refractivity contribution in [2.45, 2.75) is 91.0 Å². The molecule has 598 valence electrons. The molecule has 0 aromatic heterocycles. The Bertz CT molecular complexity index is 4470. The second-order valence-electron chi connectivity index (χ2n) is 26.4. The number of hydrogen-bond donors (Lipinski definition) is 0. The number of likely N-dealkylation sites (N-methyl/N-ethyl adjacent to an activating group) is 1. The van der Waals surface area contributed by atoms with Crippen LogP contribution in [-0.4, -0.2) is 38.6 Å². The number of hydrazine groups is 2. The number of nitrogens with zero attached hydrogens (tertiary/aromatic N) is 6. The largest absolute Gasteiger partial charge is 0.102 e. The molecule has 1 fully saturated rings. The molecule has 0 saturated carbocycles. The van der Waals surface area contributed by atoms with Crippen molar-refractivity contribution in [1.29, 1.82) is 0 Å². The molecule has 3 heterocycles. The fraction of sp³-hybridized carbons (Fsp3) is 0.163. The molecule has 0 N–H and O–H groups in total. The molecule has 0 radical (unpaired) electrons. The van der Waals surface area contributed by atoms with Crippen LogP contribution in [0.1, 0.15) is 76.1 Å². The molecule has 115 heavy (non-hydrogen) atoms. The summed E-state index contributed by atoms with van der Waals surface area (Å²) < 4.78 is 26.3. The van der Waals surface area contributed by atoms with E-state index < -0.39 is 7.92 Å². The minimum atomic E-state index is -0.877. The first-order valence-corrected chi connectivity index (χ1v) is 42.4. The first-order valence-electron chi connectivity index (χ1n) is 36.2. The third-order valence-corrected chi connectivity index (χ3v) is 20.9. The molecular weight excluding hydrogens is 1660 g/mol. The molecule has 17 heteroatoms. The molecular formula is C98H106Cl2N6O6PRu2+. The fourth-order valence-corrected chi connectivity index (χ4v) is 15.8. The number of rotatable bonds is 16. The van der Waals surface area contributed by atoms with Crippen molar-refractivity contribution in [3.8, 4) is 23.0 Å². The molecule has 12 aromatic carbocycles. The molecule has 0 amide bonds. The predicted octanol–water partition coefficient (Wildman–Crippen LogP) is 22.9. The van der Waals surface area contributed by atoms with E-state index in [2.05, 4.69) is 296 Å². The topological polar surface area (TPSA) is 90.5 Å². The summed E-state index contributed by atoms with van der Waals surface area (Å²) in [6.45, 7) is 33.9. The molecule has 0 spiro atoms. The quantitative estimate of drug-likeness (QED) is 0.0303. The van der Waals surface area contributed by atoms with E-state index in [0.29, 0.717) is 23.5 Å². The first-order chi connectivity index (χ1) is 54.6. The van der Waals surface area contributed by atoms with Gasteiger partial charge >= 0.3 is 54.0 Å². The summed E-state index contributed by atoms with van der Waals surface area (Å²) in [6, 6.07) is 102. The Morgan fingerprint density at radius 3 is 0.730 bits per heavy atom. The predicted molar refractivity (Wildman–Crippen MR) is 482 cm³/mol. The number of anilines is 5. The Morgan fingerprint density at radius 2 is 0.530 bits per heavy atom. The van der Waals surface area contributed by atoms with Crippen molar-refractivity contribution in [2.24, 2.45) is 0 Å². The van der Waals surface area contributed by atoms with E-state index in [-0.39, 0.29) is 22.3 Å². The number of benzene rings is 12. The van der Waals surface area contributed by atoms with Crippen molar-refractivity contribution in [3.05, 3.63) is 408 Å². The van der Waals surface area contributed by atoms with Crippen LogP contribution in [0.25, 0.3) is 0 Å². The van der Waals surface area contributed by atoms with E-state index in [0.717, 1.165) is 103 Å². The van der Waals surface area contributed by atoms with E-state index in [1.807, 2.05) is 166 Å². The zero-order valence-electron chi connectivity index (χ0n) is 66.1. The molecule has 3 aliphatic rings. The van der Waals surface area contributed by atoms with Crippen LogP contribution in [-0.2, 0) is 44.2 Å². The van der Waals surface area contributed by atoms with E-state index in [1.165, 1.54) is 38.3 Å². The van der Waals surface area contributed by atoms with Crippen molar-refractivity contribution >= 4 is 85.2 Å². The van der Waals surface area contributed by atoms with Gasteiger partial charge in [-0.2, -0.15) is 6.67 Å². The molecule has 0 unspecified atom stereocenters. The maximum atomic E-state index is 7.75. The third-order valence-electron chi connectivity index (χ3n) is 18.2. The maximum Gasteiger partial charge on any atom is 0.102 e. The van der Waals surface area contributed by atoms with Crippen molar-refractivity contribution in [1.82, 2.24) is 4.90 Å². The molecule has 12 aromatic rings. The van der Waals surface area contributed by atoms with Gasteiger partial charge in [0.25, 0.3) is 23.5 Å². The summed E-state index contributed by atoms with van der Waals surface area (Å²) >= 11 is 3.24. The Labute approximate surface area is 714 Å². The maximum absolute atomic E-state index is 7.75. The van der Waals surface area contributed by atoms with E-state index in [1.54, 1.807) is 34.6 Å². The number of para-hydroxylation sites is 8. The van der Waals surface area contributed by atoms with Gasteiger partial charge in [0, 0.05) is 23.7 Å². The molecule has 0 aliphatic carbocycles.